The zero-order valence-electron chi connectivity index (χ0n) is 18.9. The minimum absolute atomic E-state index is 0. The fourth-order valence-electron chi connectivity index (χ4n) is 3.70. The number of amides is 1. The van der Waals surface area contributed by atoms with E-state index in [0.717, 1.165) is 37.6 Å². The van der Waals surface area contributed by atoms with E-state index in [4.69, 9.17) is 4.99 Å². The molecule has 0 aromatic heterocycles. The van der Waals surface area contributed by atoms with Crippen LogP contribution in [0.1, 0.15) is 54.9 Å². The molecule has 2 aromatic carbocycles. The number of rotatable bonds is 8. The first-order valence-corrected chi connectivity index (χ1v) is 11.0. The number of halogens is 1. The molecule has 5 nitrogen and oxygen atoms in total. The lowest BCUT2D eigenvalue weighted by Crippen LogP contribution is -2.39. The Morgan fingerprint density at radius 2 is 1.87 bits per heavy atom. The maximum absolute atomic E-state index is 11.8. The second-order valence-electron chi connectivity index (χ2n) is 8.13. The van der Waals surface area contributed by atoms with Crippen molar-refractivity contribution in [3.8, 4) is 0 Å². The molecule has 0 saturated carbocycles. The van der Waals surface area contributed by atoms with Gasteiger partial charge in [0.2, 0.25) is 5.91 Å². The normalized spacial score (nSPS) is 14.9. The number of hydrogen-bond acceptors (Lipinski definition) is 2. The molecule has 1 atom stereocenters. The van der Waals surface area contributed by atoms with Crippen molar-refractivity contribution >= 4 is 35.8 Å². The summed E-state index contributed by atoms with van der Waals surface area (Å²) in [6.45, 7) is 10.3. The zero-order valence-corrected chi connectivity index (χ0v) is 21.2. The molecule has 1 aliphatic heterocycles. The number of likely N-dealkylation sites (tertiary alicyclic amines) is 1. The Bertz CT molecular complexity index is 866. The van der Waals surface area contributed by atoms with Gasteiger partial charge < -0.3 is 15.5 Å². The molecule has 0 spiro atoms. The van der Waals surface area contributed by atoms with Gasteiger partial charge in [-0.05, 0) is 42.9 Å². The number of guanidine groups is 1. The Hall–Kier alpha value is -2.09. The maximum Gasteiger partial charge on any atom is 0.222 e. The van der Waals surface area contributed by atoms with E-state index < -0.39 is 0 Å². The van der Waals surface area contributed by atoms with Crippen LogP contribution in [0, 0.1) is 6.92 Å². The highest BCUT2D eigenvalue weighted by atomic mass is 127. The van der Waals surface area contributed by atoms with E-state index in [0.29, 0.717) is 25.4 Å². The highest BCUT2D eigenvalue weighted by molar-refractivity contribution is 14.0. The van der Waals surface area contributed by atoms with Crippen LogP contribution in [-0.2, 0) is 17.9 Å². The monoisotopic (exact) mass is 534 g/mol. The number of nitrogens with zero attached hydrogens (tertiary/aromatic N) is 2. The third-order valence-electron chi connectivity index (χ3n) is 5.52. The van der Waals surface area contributed by atoms with Gasteiger partial charge >= 0.3 is 0 Å². The second kappa shape index (κ2) is 12.7. The third kappa shape index (κ3) is 7.83. The van der Waals surface area contributed by atoms with Crippen LogP contribution in [-0.4, -0.2) is 36.4 Å². The molecule has 6 heteroatoms. The average molecular weight is 534 g/mol. The van der Waals surface area contributed by atoms with Gasteiger partial charge in [0.1, 0.15) is 0 Å². The topological polar surface area (TPSA) is 56.7 Å². The number of carbonyl (C=O) groups is 1. The standard InChI is InChI=1S/C25H34N4O.HI/c1-4-26-25(27-16-20(3)23-8-5-7-19(2)15-23)28-17-21-10-12-22(13-11-21)18-29-14-6-9-24(29)30;/h5,7-8,10-13,15,20H,4,6,9,14,16-18H2,1-3H3,(H2,26,27,28);1H. The quantitative estimate of drug-likeness (QED) is 0.296. The molecule has 2 aromatic rings. The molecule has 168 valence electrons. The van der Waals surface area contributed by atoms with Gasteiger partial charge in [-0.25, -0.2) is 4.99 Å². The predicted octanol–water partition coefficient (Wildman–Crippen LogP) is 4.59. The molecule has 1 heterocycles. The molecule has 1 aliphatic rings. The van der Waals surface area contributed by atoms with Gasteiger partial charge in [0.15, 0.2) is 5.96 Å². The first-order valence-electron chi connectivity index (χ1n) is 11.0. The largest absolute Gasteiger partial charge is 0.357 e. The molecule has 1 amide bonds. The summed E-state index contributed by atoms with van der Waals surface area (Å²) in [5, 5.41) is 6.80. The van der Waals surface area contributed by atoms with Crippen molar-refractivity contribution in [1.82, 2.24) is 15.5 Å². The van der Waals surface area contributed by atoms with E-state index in [1.54, 1.807) is 0 Å². The highest BCUT2D eigenvalue weighted by Crippen LogP contribution is 2.16. The first-order chi connectivity index (χ1) is 14.5. The molecule has 0 bridgehead atoms. The van der Waals surface area contributed by atoms with Crippen molar-refractivity contribution < 1.29 is 4.79 Å². The van der Waals surface area contributed by atoms with Crippen molar-refractivity contribution in [2.45, 2.75) is 52.6 Å². The number of benzene rings is 2. The van der Waals surface area contributed by atoms with Crippen LogP contribution in [0.3, 0.4) is 0 Å². The van der Waals surface area contributed by atoms with E-state index in [1.165, 1.54) is 16.7 Å². The molecule has 1 fully saturated rings. The summed E-state index contributed by atoms with van der Waals surface area (Å²) >= 11 is 0. The Labute approximate surface area is 203 Å². The minimum Gasteiger partial charge on any atom is -0.357 e. The minimum atomic E-state index is 0. The Kier molecular flexibility index (Phi) is 10.3. The molecule has 1 saturated heterocycles. The van der Waals surface area contributed by atoms with Crippen LogP contribution >= 0.6 is 24.0 Å². The van der Waals surface area contributed by atoms with E-state index in [1.807, 2.05) is 4.90 Å². The van der Waals surface area contributed by atoms with Crippen LogP contribution in [0.4, 0.5) is 0 Å². The van der Waals surface area contributed by atoms with Gasteiger partial charge in [-0.1, -0.05) is 61.0 Å². The van der Waals surface area contributed by atoms with Crippen LogP contribution in [0.5, 0.6) is 0 Å². The zero-order chi connectivity index (χ0) is 21.3. The summed E-state index contributed by atoms with van der Waals surface area (Å²) in [4.78, 5) is 18.5. The summed E-state index contributed by atoms with van der Waals surface area (Å²) in [5.74, 6) is 1.51. The first kappa shape index (κ1) is 25.2. The number of hydrogen-bond donors (Lipinski definition) is 2. The van der Waals surface area contributed by atoms with Crippen LogP contribution in [0.25, 0.3) is 0 Å². The van der Waals surface area contributed by atoms with E-state index >= 15 is 0 Å². The fraction of sp³-hybridized carbons (Fsp3) is 0.440. The van der Waals surface area contributed by atoms with Gasteiger partial charge in [0, 0.05) is 32.6 Å². The van der Waals surface area contributed by atoms with Gasteiger partial charge in [0.05, 0.1) is 6.54 Å². The summed E-state index contributed by atoms with van der Waals surface area (Å²) in [7, 11) is 0. The predicted molar refractivity (Wildman–Crippen MR) is 139 cm³/mol. The van der Waals surface area contributed by atoms with Gasteiger partial charge in [-0.3, -0.25) is 4.79 Å². The van der Waals surface area contributed by atoms with Crippen LogP contribution < -0.4 is 10.6 Å². The van der Waals surface area contributed by atoms with Crippen molar-refractivity contribution in [1.29, 1.82) is 0 Å². The third-order valence-corrected chi connectivity index (χ3v) is 5.52. The second-order valence-corrected chi connectivity index (χ2v) is 8.13. The lowest BCUT2D eigenvalue weighted by Gasteiger charge is -2.17. The number of aryl methyl sites for hydroxylation is 1. The number of carbonyl (C=O) groups excluding carboxylic acids is 1. The SMILES string of the molecule is CCNC(=NCc1ccc(CN2CCCC2=O)cc1)NCC(C)c1cccc(C)c1.I. The lowest BCUT2D eigenvalue weighted by molar-refractivity contribution is -0.128. The van der Waals surface area contributed by atoms with Crippen molar-refractivity contribution in [2.75, 3.05) is 19.6 Å². The molecule has 3 rings (SSSR count). The summed E-state index contributed by atoms with van der Waals surface area (Å²) in [5.41, 5.74) is 4.97. The van der Waals surface area contributed by atoms with Crippen LogP contribution in [0.2, 0.25) is 0 Å². The van der Waals surface area contributed by atoms with Gasteiger partial charge in [0.25, 0.3) is 0 Å². The highest BCUT2D eigenvalue weighted by Gasteiger charge is 2.19. The number of aliphatic imine (C=N–C) groups is 1. The molecule has 2 N–H and O–H groups in total. The van der Waals surface area contributed by atoms with E-state index in [2.05, 4.69) is 79.9 Å². The summed E-state index contributed by atoms with van der Waals surface area (Å²) in [6.07, 6.45) is 1.67. The lowest BCUT2D eigenvalue weighted by atomic mass is 9.99. The van der Waals surface area contributed by atoms with Crippen molar-refractivity contribution in [3.63, 3.8) is 0 Å². The maximum atomic E-state index is 11.8. The van der Waals surface area contributed by atoms with Crippen molar-refractivity contribution in [3.05, 3.63) is 70.8 Å². The smallest absolute Gasteiger partial charge is 0.222 e. The molecule has 1 unspecified atom stereocenters. The van der Waals surface area contributed by atoms with Gasteiger partial charge in [-0.2, -0.15) is 0 Å². The summed E-state index contributed by atoms with van der Waals surface area (Å²) in [6, 6.07) is 17.1. The molecular weight excluding hydrogens is 499 g/mol. The number of nitrogens with one attached hydrogen (secondary N) is 2. The average Bonchev–Trinajstić information content (AvgIpc) is 3.15. The van der Waals surface area contributed by atoms with E-state index in [9.17, 15) is 4.79 Å². The van der Waals surface area contributed by atoms with Gasteiger partial charge in [-0.15, -0.1) is 24.0 Å². The Morgan fingerprint density at radius 1 is 1.13 bits per heavy atom. The van der Waals surface area contributed by atoms with Crippen molar-refractivity contribution in [2.24, 2.45) is 4.99 Å². The Morgan fingerprint density at radius 3 is 2.52 bits per heavy atom. The molecule has 0 radical (unpaired) electrons. The molecule has 0 aliphatic carbocycles. The molecule has 31 heavy (non-hydrogen) atoms. The van der Waals surface area contributed by atoms with E-state index in [-0.39, 0.29) is 29.9 Å². The fourth-order valence-corrected chi connectivity index (χ4v) is 3.70. The Balaban J connectivity index is 0.00000341. The summed E-state index contributed by atoms with van der Waals surface area (Å²) < 4.78 is 0. The molecular formula is C25H35IN4O. The van der Waals surface area contributed by atoms with Crippen LogP contribution in [0.15, 0.2) is 53.5 Å².